The van der Waals surface area contributed by atoms with Gasteiger partial charge in [0, 0.05) is 11.1 Å². The first kappa shape index (κ1) is 12.3. The van der Waals surface area contributed by atoms with E-state index in [9.17, 15) is 15.3 Å². The maximum Gasteiger partial charge on any atom is 0.161 e. The summed E-state index contributed by atoms with van der Waals surface area (Å²) in [5, 5.41) is 29.6. The molecule has 0 aliphatic carbocycles. The quantitative estimate of drug-likeness (QED) is 0.674. The Kier molecular flexibility index (Phi) is 2.91. The fraction of sp³-hybridized carbons (Fsp3) is 0.200. The Bertz CT molecular complexity index is 586. The summed E-state index contributed by atoms with van der Waals surface area (Å²) in [7, 11) is 0. The highest BCUT2D eigenvalue weighted by atomic mass is 16.3. The molecule has 0 unspecified atom stereocenters. The molecule has 0 radical (unpaired) electrons. The van der Waals surface area contributed by atoms with Crippen LogP contribution in [0.25, 0.3) is 11.1 Å². The summed E-state index contributed by atoms with van der Waals surface area (Å²) >= 11 is 0. The molecule has 0 spiro atoms. The molecule has 0 saturated heterocycles. The Hall–Kier alpha value is -2.16. The zero-order valence-electron chi connectivity index (χ0n) is 10.7. The molecule has 0 saturated carbocycles. The molecule has 0 fully saturated rings. The normalized spacial score (nSPS) is 10.6. The fourth-order valence-electron chi connectivity index (χ4n) is 2.21. The maximum absolute atomic E-state index is 9.92. The van der Waals surface area contributed by atoms with E-state index in [4.69, 9.17) is 0 Å². The van der Waals surface area contributed by atoms with Gasteiger partial charge in [-0.05, 0) is 43.5 Å². The summed E-state index contributed by atoms with van der Waals surface area (Å²) in [5.41, 5.74) is 3.46. The van der Waals surface area contributed by atoms with Crippen molar-refractivity contribution in [3.05, 3.63) is 41.0 Å². The zero-order chi connectivity index (χ0) is 13.4. The van der Waals surface area contributed by atoms with E-state index in [0.29, 0.717) is 16.7 Å². The molecule has 0 aliphatic rings. The third-order valence-corrected chi connectivity index (χ3v) is 3.42. The molecular formula is C15H16O3. The number of benzene rings is 2. The number of hydrogen-bond acceptors (Lipinski definition) is 3. The van der Waals surface area contributed by atoms with E-state index in [1.165, 1.54) is 0 Å². The monoisotopic (exact) mass is 244 g/mol. The van der Waals surface area contributed by atoms with Crippen LogP contribution in [0.15, 0.2) is 24.3 Å². The van der Waals surface area contributed by atoms with Crippen molar-refractivity contribution >= 4 is 0 Å². The highest BCUT2D eigenvalue weighted by molar-refractivity contribution is 5.80. The minimum atomic E-state index is -0.128. The van der Waals surface area contributed by atoms with E-state index < -0.39 is 0 Å². The van der Waals surface area contributed by atoms with Gasteiger partial charge in [0.15, 0.2) is 11.5 Å². The van der Waals surface area contributed by atoms with Crippen molar-refractivity contribution in [2.75, 3.05) is 0 Å². The van der Waals surface area contributed by atoms with Gasteiger partial charge < -0.3 is 15.3 Å². The smallest absolute Gasteiger partial charge is 0.161 e. The molecule has 0 heterocycles. The lowest BCUT2D eigenvalue weighted by Crippen LogP contribution is -1.94. The van der Waals surface area contributed by atoms with Gasteiger partial charge in [0.25, 0.3) is 0 Å². The van der Waals surface area contributed by atoms with E-state index in [-0.39, 0.29) is 17.2 Å². The van der Waals surface area contributed by atoms with Gasteiger partial charge in [0.05, 0.1) is 0 Å². The Morgan fingerprint density at radius 2 is 1.28 bits per heavy atom. The number of phenolic OH excluding ortho intramolecular Hbond substituents is 3. The average Bonchev–Trinajstić information content (AvgIpc) is 2.36. The van der Waals surface area contributed by atoms with Crippen LogP contribution in [-0.4, -0.2) is 15.3 Å². The molecule has 0 aliphatic heterocycles. The summed E-state index contributed by atoms with van der Waals surface area (Å²) in [6.07, 6.45) is 0. The van der Waals surface area contributed by atoms with Crippen molar-refractivity contribution in [3.8, 4) is 28.4 Å². The van der Waals surface area contributed by atoms with E-state index in [1.807, 2.05) is 13.0 Å². The van der Waals surface area contributed by atoms with Gasteiger partial charge in [-0.1, -0.05) is 18.2 Å². The van der Waals surface area contributed by atoms with Gasteiger partial charge in [0.1, 0.15) is 5.75 Å². The summed E-state index contributed by atoms with van der Waals surface area (Å²) in [6.45, 7) is 5.33. The lowest BCUT2D eigenvalue weighted by atomic mass is 9.91. The molecule has 3 nitrogen and oxygen atoms in total. The lowest BCUT2D eigenvalue weighted by Gasteiger charge is -2.17. The van der Waals surface area contributed by atoms with Crippen LogP contribution in [0, 0.1) is 20.8 Å². The second-order valence-corrected chi connectivity index (χ2v) is 4.46. The van der Waals surface area contributed by atoms with Gasteiger partial charge >= 0.3 is 0 Å². The molecule has 0 amide bonds. The third kappa shape index (κ3) is 1.68. The van der Waals surface area contributed by atoms with Crippen molar-refractivity contribution in [1.29, 1.82) is 0 Å². The van der Waals surface area contributed by atoms with Gasteiger partial charge in [0.2, 0.25) is 0 Å². The molecule has 3 heteroatoms. The average molecular weight is 244 g/mol. The van der Waals surface area contributed by atoms with Crippen molar-refractivity contribution in [3.63, 3.8) is 0 Å². The first-order valence-corrected chi connectivity index (χ1v) is 5.75. The van der Waals surface area contributed by atoms with Gasteiger partial charge in [-0.3, -0.25) is 0 Å². The van der Waals surface area contributed by atoms with Gasteiger partial charge in [-0.15, -0.1) is 0 Å². The van der Waals surface area contributed by atoms with Crippen LogP contribution in [0.1, 0.15) is 16.7 Å². The van der Waals surface area contributed by atoms with Gasteiger partial charge in [-0.2, -0.15) is 0 Å². The Labute approximate surface area is 106 Å². The molecule has 0 atom stereocenters. The van der Waals surface area contributed by atoms with Crippen LogP contribution < -0.4 is 0 Å². The SMILES string of the molecule is Cc1c(C)c(-c2ccccc2O)c(C)c(O)c1O. The standard InChI is InChI=1S/C15H16O3/c1-8-9(2)14(17)15(18)10(3)13(8)11-6-4-5-7-12(11)16/h4-7,16-18H,1-3H3. The van der Waals surface area contributed by atoms with Crippen LogP contribution in [0.4, 0.5) is 0 Å². The Balaban J connectivity index is 2.85. The molecular weight excluding hydrogens is 228 g/mol. The highest BCUT2D eigenvalue weighted by Crippen LogP contribution is 2.44. The van der Waals surface area contributed by atoms with Crippen LogP contribution in [0.2, 0.25) is 0 Å². The second-order valence-electron chi connectivity index (χ2n) is 4.46. The van der Waals surface area contributed by atoms with Crippen LogP contribution in [-0.2, 0) is 0 Å². The fourth-order valence-corrected chi connectivity index (χ4v) is 2.21. The summed E-state index contributed by atoms with van der Waals surface area (Å²) < 4.78 is 0. The molecule has 0 aromatic heterocycles. The lowest BCUT2D eigenvalue weighted by molar-refractivity contribution is 0.398. The number of para-hydroxylation sites is 1. The first-order valence-electron chi connectivity index (χ1n) is 5.75. The second kappa shape index (κ2) is 4.26. The van der Waals surface area contributed by atoms with E-state index in [0.717, 1.165) is 11.1 Å². The largest absolute Gasteiger partial charge is 0.507 e. The number of hydrogen-bond donors (Lipinski definition) is 3. The van der Waals surface area contributed by atoms with Crippen molar-refractivity contribution < 1.29 is 15.3 Å². The maximum atomic E-state index is 9.92. The summed E-state index contributed by atoms with van der Waals surface area (Å²) in [4.78, 5) is 0. The molecule has 3 N–H and O–H groups in total. The molecule has 2 rings (SSSR count). The molecule has 0 bridgehead atoms. The number of rotatable bonds is 1. The van der Waals surface area contributed by atoms with Crippen molar-refractivity contribution in [1.82, 2.24) is 0 Å². The Morgan fingerprint density at radius 1 is 0.722 bits per heavy atom. The highest BCUT2D eigenvalue weighted by Gasteiger charge is 2.18. The van der Waals surface area contributed by atoms with Crippen LogP contribution in [0.3, 0.4) is 0 Å². The molecule has 2 aromatic carbocycles. The summed E-state index contributed by atoms with van der Waals surface area (Å²) in [6, 6.07) is 6.97. The van der Waals surface area contributed by atoms with E-state index >= 15 is 0 Å². The molecule has 2 aromatic rings. The van der Waals surface area contributed by atoms with E-state index in [2.05, 4.69) is 0 Å². The predicted molar refractivity (Wildman–Crippen MR) is 71.1 cm³/mol. The minimum Gasteiger partial charge on any atom is -0.507 e. The summed E-state index contributed by atoms with van der Waals surface area (Å²) in [5.74, 6) is -0.0614. The molecule has 18 heavy (non-hydrogen) atoms. The zero-order valence-corrected chi connectivity index (χ0v) is 10.7. The Morgan fingerprint density at radius 3 is 1.89 bits per heavy atom. The number of aromatic hydroxyl groups is 3. The van der Waals surface area contributed by atoms with Crippen molar-refractivity contribution in [2.45, 2.75) is 20.8 Å². The van der Waals surface area contributed by atoms with Gasteiger partial charge in [-0.25, -0.2) is 0 Å². The van der Waals surface area contributed by atoms with E-state index in [1.54, 1.807) is 32.0 Å². The molecule has 94 valence electrons. The minimum absolute atomic E-state index is 0.0934. The van der Waals surface area contributed by atoms with Crippen molar-refractivity contribution in [2.24, 2.45) is 0 Å². The van der Waals surface area contributed by atoms with Crippen LogP contribution >= 0.6 is 0 Å². The third-order valence-electron chi connectivity index (χ3n) is 3.42. The predicted octanol–water partition coefficient (Wildman–Crippen LogP) is 3.40. The topological polar surface area (TPSA) is 60.7 Å². The van der Waals surface area contributed by atoms with Crippen LogP contribution in [0.5, 0.6) is 17.2 Å². The first-order chi connectivity index (χ1) is 8.45. The number of phenols is 3.